The number of rotatable bonds is 4. The number of nitrogens with zero attached hydrogens (tertiary/aromatic N) is 3. The molecule has 0 bridgehead atoms. The monoisotopic (exact) mass is 323 g/mol. The number of hydrogen-bond donors (Lipinski definition) is 0. The lowest BCUT2D eigenvalue weighted by atomic mass is 10.2. The highest BCUT2D eigenvalue weighted by Gasteiger charge is 2.32. The minimum Gasteiger partial charge on any atom is -0.346 e. The van der Waals surface area contributed by atoms with Gasteiger partial charge < -0.3 is 4.90 Å². The smallest absolute Gasteiger partial charge is 0.346 e. The summed E-state index contributed by atoms with van der Waals surface area (Å²) in [6.07, 6.45) is -0.327. The summed E-state index contributed by atoms with van der Waals surface area (Å²) in [7, 11) is 0. The van der Waals surface area contributed by atoms with E-state index >= 15 is 0 Å². The van der Waals surface area contributed by atoms with E-state index in [1.54, 1.807) is 0 Å². The quantitative estimate of drug-likeness (QED) is 0.798. The van der Waals surface area contributed by atoms with Crippen LogP contribution in [-0.4, -0.2) is 34.6 Å². The van der Waals surface area contributed by atoms with Crippen LogP contribution in [0.15, 0.2) is 6.33 Å². The Balaban J connectivity index is 2.28. The van der Waals surface area contributed by atoms with Gasteiger partial charge >= 0.3 is 6.18 Å². The molecule has 0 amide bonds. The van der Waals surface area contributed by atoms with Crippen LogP contribution in [0.25, 0.3) is 0 Å². The van der Waals surface area contributed by atoms with Gasteiger partial charge in [0.25, 0.3) is 0 Å². The van der Waals surface area contributed by atoms with Crippen molar-refractivity contribution in [2.75, 3.05) is 23.3 Å². The molecule has 1 heterocycles. The van der Waals surface area contributed by atoms with Crippen molar-refractivity contribution < 1.29 is 13.2 Å². The number of hydrogen-bond acceptors (Lipinski definition) is 3. The molecule has 0 spiro atoms. The molecule has 0 aromatic carbocycles. The first-order valence-corrected chi connectivity index (χ1v) is 6.84. The van der Waals surface area contributed by atoms with E-state index in [-0.39, 0.29) is 6.54 Å². The van der Waals surface area contributed by atoms with E-state index < -0.39 is 12.7 Å². The molecule has 0 atom stereocenters. The van der Waals surface area contributed by atoms with Gasteiger partial charge in [0.15, 0.2) is 0 Å². The first-order chi connectivity index (χ1) is 8.51. The first-order valence-electron chi connectivity index (χ1n) is 5.71. The van der Waals surface area contributed by atoms with Crippen molar-refractivity contribution in [1.29, 1.82) is 0 Å². The largest absolute Gasteiger partial charge is 0.405 e. The second-order valence-corrected chi connectivity index (χ2v) is 4.99. The Morgan fingerprint density at radius 1 is 1.28 bits per heavy atom. The Hall–Kier alpha value is -0.850. The van der Waals surface area contributed by atoms with Gasteiger partial charge in [-0.3, -0.25) is 0 Å². The third kappa shape index (κ3) is 3.13. The van der Waals surface area contributed by atoms with Crippen molar-refractivity contribution in [2.24, 2.45) is 0 Å². The fraction of sp³-hybridized carbons (Fsp3) is 0.636. The second kappa shape index (κ2) is 5.42. The molecule has 0 radical (unpaired) electrons. The zero-order valence-electron chi connectivity index (χ0n) is 9.67. The van der Waals surface area contributed by atoms with Gasteiger partial charge in [-0.25, -0.2) is 9.97 Å². The summed E-state index contributed by atoms with van der Waals surface area (Å²) in [4.78, 5) is 9.45. The minimum absolute atomic E-state index is 0.281. The maximum Gasteiger partial charge on any atom is 0.405 e. The predicted molar refractivity (Wildman–Crippen MR) is 66.1 cm³/mol. The number of fused-ring (bicyclic) bond motifs is 1. The molecule has 2 rings (SSSR count). The molecule has 1 aromatic rings. The summed E-state index contributed by atoms with van der Waals surface area (Å²) >= 11 is 3.18. The molecular formula is C11H13BrF3N3. The van der Waals surface area contributed by atoms with Crippen molar-refractivity contribution >= 4 is 21.7 Å². The average molecular weight is 324 g/mol. The number of alkyl halides is 4. The number of aromatic nitrogens is 2. The fourth-order valence-electron chi connectivity index (χ4n) is 2.19. The molecule has 1 aromatic heterocycles. The molecule has 0 saturated heterocycles. The van der Waals surface area contributed by atoms with Crippen molar-refractivity contribution in [3.8, 4) is 0 Å². The van der Waals surface area contributed by atoms with Crippen LogP contribution < -0.4 is 4.90 Å². The Labute approximate surface area is 112 Å². The molecule has 0 saturated carbocycles. The van der Waals surface area contributed by atoms with Crippen molar-refractivity contribution in [3.05, 3.63) is 17.6 Å². The topological polar surface area (TPSA) is 29.0 Å². The second-order valence-electron chi connectivity index (χ2n) is 4.20. The molecule has 7 heteroatoms. The van der Waals surface area contributed by atoms with Gasteiger partial charge in [-0.15, -0.1) is 0 Å². The van der Waals surface area contributed by atoms with Gasteiger partial charge in [-0.2, -0.15) is 13.2 Å². The summed E-state index contributed by atoms with van der Waals surface area (Å²) in [5.41, 5.74) is 1.77. The minimum atomic E-state index is -4.22. The molecule has 0 N–H and O–H groups in total. The van der Waals surface area contributed by atoms with Crippen LogP contribution in [-0.2, 0) is 12.8 Å². The van der Waals surface area contributed by atoms with Gasteiger partial charge in [0.2, 0.25) is 0 Å². The molecule has 0 aliphatic heterocycles. The number of anilines is 1. The summed E-state index contributed by atoms with van der Waals surface area (Å²) in [6.45, 7) is -0.689. The van der Waals surface area contributed by atoms with Crippen LogP contribution >= 0.6 is 15.9 Å². The number of aryl methyl sites for hydroxylation is 1. The summed E-state index contributed by atoms with van der Waals surface area (Å²) < 4.78 is 37.7. The predicted octanol–water partition coefficient (Wildman–Crippen LogP) is 2.73. The molecule has 3 nitrogen and oxygen atoms in total. The van der Waals surface area contributed by atoms with E-state index in [0.717, 1.165) is 30.5 Å². The highest BCUT2D eigenvalue weighted by molar-refractivity contribution is 9.09. The fourth-order valence-corrected chi connectivity index (χ4v) is 2.62. The summed E-state index contributed by atoms with van der Waals surface area (Å²) in [6, 6.07) is 0. The number of halogens is 4. The molecule has 0 fully saturated rings. The van der Waals surface area contributed by atoms with Gasteiger partial charge in [-0.1, -0.05) is 15.9 Å². The highest BCUT2D eigenvalue weighted by atomic mass is 79.9. The van der Waals surface area contributed by atoms with Crippen LogP contribution in [0.2, 0.25) is 0 Å². The summed E-state index contributed by atoms with van der Waals surface area (Å²) in [5.74, 6) is 0.439. The van der Waals surface area contributed by atoms with Crippen molar-refractivity contribution in [3.63, 3.8) is 0 Å². The normalized spacial score (nSPS) is 14.7. The van der Waals surface area contributed by atoms with Crippen LogP contribution in [0.5, 0.6) is 0 Å². The third-order valence-electron chi connectivity index (χ3n) is 2.88. The van der Waals surface area contributed by atoms with Gasteiger partial charge in [0.1, 0.15) is 18.7 Å². The first kappa shape index (κ1) is 13.6. The van der Waals surface area contributed by atoms with Crippen molar-refractivity contribution in [1.82, 2.24) is 9.97 Å². The van der Waals surface area contributed by atoms with E-state index in [1.807, 2.05) is 0 Å². The van der Waals surface area contributed by atoms with Crippen LogP contribution in [0, 0.1) is 0 Å². The Bertz CT molecular complexity index is 422. The van der Waals surface area contributed by atoms with Crippen LogP contribution in [0.1, 0.15) is 17.7 Å². The Morgan fingerprint density at radius 3 is 2.72 bits per heavy atom. The van der Waals surface area contributed by atoms with E-state index in [2.05, 4.69) is 25.9 Å². The Morgan fingerprint density at radius 2 is 2.06 bits per heavy atom. The van der Waals surface area contributed by atoms with Gasteiger partial charge in [0, 0.05) is 23.1 Å². The van der Waals surface area contributed by atoms with Gasteiger partial charge in [0.05, 0.1) is 0 Å². The highest BCUT2D eigenvalue weighted by Crippen LogP contribution is 2.29. The van der Waals surface area contributed by atoms with E-state index in [0.29, 0.717) is 11.1 Å². The third-order valence-corrected chi connectivity index (χ3v) is 3.23. The van der Waals surface area contributed by atoms with Gasteiger partial charge in [-0.05, 0) is 19.3 Å². The Kier molecular flexibility index (Phi) is 4.09. The average Bonchev–Trinajstić information content (AvgIpc) is 2.74. The zero-order valence-corrected chi connectivity index (χ0v) is 11.3. The van der Waals surface area contributed by atoms with Crippen molar-refractivity contribution in [2.45, 2.75) is 25.4 Å². The lowest BCUT2D eigenvalue weighted by Gasteiger charge is -2.25. The van der Waals surface area contributed by atoms with E-state index in [4.69, 9.17) is 0 Å². The van der Waals surface area contributed by atoms with Crippen LogP contribution in [0.3, 0.4) is 0 Å². The zero-order chi connectivity index (χ0) is 13.2. The standard InChI is InChI=1S/C11H13BrF3N3/c12-4-5-18(6-11(13,14)15)10-8-2-1-3-9(8)16-7-17-10/h7H,1-6H2. The molecule has 1 aliphatic rings. The maximum absolute atomic E-state index is 12.6. The molecule has 1 aliphatic carbocycles. The maximum atomic E-state index is 12.6. The van der Waals surface area contributed by atoms with E-state index in [9.17, 15) is 13.2 Å². The lowest BCUT2D eigenvalue weighted by molar-refractivity contribution is -0.119. The molecule has 0 unspecified atom stereocenters. The lowest BCUT2D eigenvalue weighted by Crippen LogP contribution is -2.36. The summed E-state index contributed by atoms with van der Waals surface area (Å²) in [5, 5.41) is 0.474. The SMILES string of the molecule is FC(F)(F)CN(CCBr)c1ncnc2c1CCC2. The van der Waals surface area contributed by atoms with Crippen LogP contribution in [0.4, 0.5) is 19.0 Å². The van der Waals surface area contributed by atoms with E-state index in [1.165, 1.54) is 11.2 Å². The molecule has 100 valence electrons. The molecule has 18 heavy (non-hydrogen) atoms. The molecular weight excluding hydrogens is 311 g/mol.